The predicted octanol–water partition coefficient (Wildman–Crippen LogP) is 2.29. The van der Waals surface area contributed by atoms with Crippen molar-refractivity contribution in [2.75, 3.05) is 11.5 Å². The lowest BCUT2D eigenvalue weighted by atomic mass is 10.3. The maximum Gasteiger partial charge on any atom is 0.157 e. The number of ketones is 1. The lowest BCUT2D eigenvalue weighted by molar-refractivity contribution is -0.114. The average molecular weight is 174 g/mol. The summed E-state index contributed by atoms with van der Waals surface area (Å²) >= 11 is 3.58. The van der Waals surface area contributed by atoms with Crippen LogP contribution < -0.4 is 0 Å². The van der Waals surface area contributed by atoms with Crippen LogP contribution in [0.4, 0.5) is 0 Å². The molecular weight excluding hydrogens is 164 g/mol. The highest BCUT2D eigenvalue weighted by atomic mass is 32.2. The minimum absolute atomic E-state index is 0.247. The Hall–Kier alpha value is 0.110. The summed E-state index contributed by atoms with van der Waals surface area (Å²) in [6, 6.07) is 0. The Morgan fingerprint density at radius 1 is 1.60 bits per heavy atom. The first-order valence-electron chi connectivity index (χ1n) is 3.33. The number of carbonyl (C=O) groups excluding carboxylic acids is 1. The summed E-state index contributed by atoms with van der Waals surface area (Å²) in [4.78, 5) is 10.9. The van der Waals surface area contributed by atoms with Gasteiger partial charge in [0, 0.05) is 28.2 Å². The molecule has 10 heavy (non-hydrogen) atoms. The van der Waals surface area contributed by atoms with Crippen LogP contribution >= 0.6 is 23.5 Å². The van der Waals surface area contributed by atoms with Crippen molar-refractivity contribution in [3.63, 3.8) is 0 Å². The molecule has 3 heteroatoms. The average Bonchev–Trinajstić information content (AvgIpc) is 2.40. The van der Waals surface area contributed by atoms with Crippen molar-refractivity contribution >= 4 is 29.3 Å². The standard InChI is InChI=1S/C7H10OS2/c1-2-6(8)5-7-9-3-4-10-7/h5H,2-4H2,1H3. The Morgan fingerprint density at radius 3 is 2.70 bits per heavy atom. The first kappa shape index (κ1) is 8.21. The topological polar surface area (TPSA) is 17.1 Å². The third-order valence-electron chi connectivity index (χ3n) is 1.20. The van der Waals surface area contributed by atoms with E-state index < -0.39 is 0 Å². The van der Waals surface area contributed by atoms with Crippen molar-refractivity contribution in [3.8, 4) is 0 Å². The molecule has 0 N–H and O–H groups in total. The molecule has 0 aliphatic carbocycles. The molecule has 0 radical (unpaired) electrons. The molecule has 1 rings (SSSR count). The Labute approximate surface area is 69.6 Å². The summed E-state index contributed by atoms with van der Waals surface area (Å²) in [7, 11) is 0. The van der Waals surface area contributed by atoms with Gasteiger partial charge in [-0.05, 0) is 0 Å². The summed E-state index contributed by atoms with van der Waals surface area (Å²) in [5, 5.41) is 0. The van der Waals surface area contributed by atoms with Crippen LogP contribution in [0.1, 0.15) is 13.3 Å². The zero-order valence-corrected chi connectivity index (χ0v) is 7.56. The van der Waals surface area contributed by atoms with Crippen molar-refractivity contribution in [2.45, 2.75) is 13.3 Å². The van der Waals surface area contributed by atoms with E-state index in [1.165, 1.54) is 4.24 Å². The van der Waals surface area contributed by atoms with Crippen LogP contribution in [0.3, 0.4) is 0 Å². The Bertz CT molecular complexity index is 155. The number of allylic oxidation sites excluding steroid dienone is 1. The van der Waals surface area contributed by atoms with Gasteiger partial charge in [-0.2, -0.15) is 0 Å². The van der Waals surface area contributed by atoms with E-state index in [9.17, 15) is 4.79 Å². The smallest absolute Gasteiger partial charge is 0.157 e. The molecule has 1 fully saturated rings. The number of hydrogen-bond acceptors (Lipinski definition) is 3. The van der Waals surface area contributed by atoms with E-state index in [1.54, 1.807) is 29.6 Å². The summed E-state index contributed by atoms with van der Waals surface area (Å²) < 4.78 is 1.20. The molecule has 0 saturated carbocycles. The molecule has 0 unspecified atom stereocenters. The molecule has 1 saturated heterocycles. The zero-order chi connectivity index (χ0) is 7.40. The van der Waals surface area contributed by atoms with Crippen molar-refractivity contribution in [3.05, 3.63) is 10.3 Å². The van der Waals surface area contributed by atoms with Crippen LogP contribution in [-0.4, -0.2) is 17.3 Å². The van der Waals surface area contributed by atoms with Gasteiger partial charge in [-0.15, -0.1) is 23.5 Å². The van der Waals surface area contributed by atoms with E-state index in [0.29, 0.717) is 6.42 Å². The fourth-order valence-electron chi connectivity index (χ4n) is 0.643. The van der Waals surface area contributed by atoms with Crippen LogP contribution in [0, 0.1) is 0 Å². The Morgan fingerprint density at radius 2 is 2.20 bits per heavy atom. The van der Waals surface area contributed by atoms with Crippen molar-refractivity contribution in [1.29, 1.82) is 0 Å². The van der Waals surface area contributed by atoms with Crippen LogP contribution in [0.5, 0.6) is 0 Å². The summed E-state index contributed by atoms with van der Waals surface area (Å²) in [5.41, 5.74) is 0. The monoisotopic (exact) mass is 174 g/mol. The maximum absolute atomic E-state index is 10.9. The lowest BCUT2D eigenvalue weighted by Gasteiger charge is -1.90. The third-order valence-corrected chi connectivity index (χ3v) is 3.79. The van der Waals surface area contributed by atoms with E-state index in [1.807, 2.05) is 6.92 Å². The van der Waals surface area contributed by atoms with Gasteiger partial charge in [0.15, 0.2) is 5.78 Å². The second-order valence-corrected chi connectivity index (χ2v) is 4.51. The minimum atomic E-state index is 0.247. The van der Waals surface area contributed by atoms with E-state index in [2.05, 4.69) is 0 Å². The van der Waals surface area contributed by atoms with Gasteiger partial charge in [0.25, 0.3) is 0 Å². The fourth-order valence-corrected chi connectivity index (χ4v) is 2.97. The highest BCUT2D eigenvalue weighted by Crippen LogP contribution is 2.35. The second kappa shape index (κ2) is 4.09. The SMILES string of the molecule is CCC(=O)C=C1SCCS1. The number of rotatable bonds is 2. The van der Waals surface area contributed by atoms with Crippen molar-refractivity contribution in [2.24, 2.45) is 0 Å². The predicted molar refractivity (Wildman–Crippen MR) is 48.3 cm³/mol. The molecule has 1 aliphatic rings. The third kappa shape index (κ3) is 2.39. The number of hydrogen-bond donors (Lipinski definition) is 0. The van der Waals surface area contributed by atoms with Gasteiger partial charge < -0.3 is 0 Å². The van der Waals surface area contributed by atoms with E-state index in [-0.39, 0.29) is 5.78 Å². The minimum Gasteiger partial charge on any atom is -0.295 e. The molecule has 0 amide bonds. The number of carbonyl (C=O) groups is 1. The number of thioether (sulfide) groups is 2. The summed E-state index contributed by atoms with van der Waals surface area (Å²) in [6.07, 6.45) is 2.40. The Kier molecular flexibility index (Phi) is 3.35. The van der Waals surface area contributed by atoms with Gasteiger partial charge in [0.2, 0.25) is 0 Å². The molecule has 0 bridgehead atoms. The quantitative estimate of drug-likeness (QED) is 0.598. The molecule has 0 atom stereocenters. The van der Waals surface area contributed by atoms with Crippen LogP contribution in [0.15, 0.2) is 10.3 Å². The molecule has 0 aromatic carbocycles. The fraction of sp³-hybridized carbons (Fsp3) is 0.571. The summed E-state index contributed by atoms with van der Waals surface area (Å²) in [5.74, 6) is 2.57. The van der Waals surface area contributed by atoms with Gasteiger partial charge >= 0.3 is 0 Å². The molecule has 0 aromatic heterocycles. The molecule has 0 spiro atoms. The Balaban J connectivity index is 2.45. The lowest BCUT2D eigenvalue weighted by Crippen LogP contribution is -1.87. The molecule has 1 aliphatic heterocycles. The zero-order valence-electron chi connectivity index (χ0n) is 5.92. The van der Waals surface area contributed by atoms with Gasteiger partial charge in [-0.3, -0.25) is 4.79 Å². The molecule has 1 heterocycles. The van der Waals surface area contributed by atoms with Gasteiger partial charge in [-0.25, -0.2) is 0 Å². The first-order valence-corrected chi connectivity index (χ1v) is 5.30. The molecular formula is C7H10OS2. The maximum atomic E-state index is 10.9. The molecule has 56 valence electrons. The van der Waals surface area contributed by atoms with Crippen molar-refractivity contribution in [1.82, 2.24) is 0 Å². The van der Waals surface area contributed by atoms with Gasteiger partial charge in [0.1, 0.15) is 0 Å². The largest absolute Gasteiger partial charge is 0.295 e. The first-order chi connectivity index (χ1) is 4.83. The highest BCUT2D eigenvalue weighted by molar-refractivity contribution is 8.25. The second-order valence-electron chi connectivity index (χ2n) is 1.98. The van der Waals surface area contributed by atoms with E-state index >= 15 is 0 Å². The van der Waals surface area contributed by atoms with Crippen LogP contribution in [0.2, 0.25) is 0 Å². The van der Waals surface area contributed by atoms with E-state index in [4.69, 9.17) is 0 Å². The summed E-state index contributed by atoms with van der Waals surface area (Å²) in [6.45, 7) is 1.89. The van der Waals surface area contributed by atoms with Crippen LogP contribution in [0.25, 0.3) is 0 Å². The molecule has 0 aromatic rings. The van der Waals surface area contributed by atoms with Gasteiger partial charge in [-0.1, -0.05) is 6.92 Å². The van der Waals surface area contributed by atoms with Gasteiger partial charge in [0.05, 0.1) is 0 Å². The van der Waals surface area contributed by atoms with Crippen LogP contribution in [-0.2, 0) is 4.79 Å². The normalized spacial score (nSPS) is 17.5. The van der Waals surface area contributed by atoms with Crippen molar-refractivity contribution < 1.29 is 4.79 Å². The highest BCUT2D eigenvalue weighted by Gasteiger charge is 2.08. The molecule has 1 nitrogen and oxygen atoms in total. The van der Waals surface area contributed by atoms with E-state index in [0.717, 1.165) is 11.5 Å².